The molecule has 0 unspecified atom stereocenters. The van der Waals surface area contributed by atoms with E-state index in [4.69, 9.17) is 0 Å². The highest BCUT2D eigenvalue weighted by atomic mass is 32.2. The topological polar surface area (TPSA) is 81.1 Å². The summed E-state index contributed by atoms with van der Waals surface area (Å²) in [4.78, 5) is 11.9. The third-order valence-corrected chi connectivity index (χ3v) is 4.56. The number of nitrogens with zero attached hydrogens (tertiary/aromatic N) is 2. The Labute approximate surface area is 137 Å². The van der Waals surface area contributed by atoms with Crippen LogP contribution in [-0.2, 0) is 10.0 Å². The maximum Gasteiger partial charge on any atom is 0.268 e. The number of aromatic nitrogens is 2. The number of nitrogens with one attached hydrogen (secondary N) is 1. The van der Waals surface area contributed by atoms with Gasteiger partial charge in [0.2, 0.25) is 0 Å². The first-order valence-corrected chi connectivity index (χ1v) is 8.37. The van der Waals surface area contributed by atoms with E-state index in [-0.39, 0.29) is 10.5 Å². The van der Waals surface area contributed by atoms with Gasteiger partial charge < -0.3 is 0 Å². The van der Waals surface area contributed by atoms with Crippen molar-refractivity contribution in [3.63, 3.8) is 0 Å². The molecule has 0 saturated carbocycles. The lowest BCUT2D eigenvalue weighted by Gasteiger charge is -2.05. The molecule has 6 nitrogen and oxygen atoms in total. The van der Waals surface area contributed by atoms with E-state index in [0.29, 0.717) is 0 Å². The minimum atomic E-state index is -4.08. The first-order valence-electron chi connectivity index (χ1n) is 6.88. The van der Waals surface area contributed by atoms with Gasteiger partial charge in [0.25, 0.3) is 15.9 Å². The van der Waals surface area contributed by atoms with Crippen LogP contribution in [0.1, 0.15) is 10.4 Å². The second-order valence-electron chi connectivity index (χ2n) is 4.90. The third-order valence-electron chi connectivity index (χ3n) is 3.22. The van der Waals surface area contributed by atoms with Crippen LogP contribution in [-0.4, -0.2) is 24.1 Å². The van der Waals surface area contributed by atoms with Gasteiger partial charge in [-0.3, -0.25) is 4.79 Å². The Morgan fingerprint density at radius 2 is 1.71 bits per heavy atom. The van der Waals surface area contributed by atoms with Crippen molar-refractivity contribution in [1.29, 1.82) is 0 Å². The average Bonchev–Trinajstić information content (AvgIpc) is 3.06. The number of amides is 1. The van der Waals surface area contributed by atoms with Gasteiger partial charge in [0.15, 0.2) is 0 Å². The SMILES string of the molecule is O=C(NS(=O)(=O)c1ccc(F)cc1)c1cnn(-c2ccccc2)c1. The highest BCUT2D eigenvalue weighted by Gasteiger charge is 2.20. The van der Waals surface area contributed by atoms with Gasteiger partial charge in [-0.15, -0.1) is 0 Å². The molecule has 0 spiro atoms. The third kappa shape index (κ3) is 3.33. The normalized spacial score (nSPS) is 11.2. The molecule has 1 heterocycles. The second-order valence-corrected chi connectivity index (χ2v) is 6.58. The summed E-state index contributed by atoms with van der Waals surface area (Å²) in [5.74, 6) is -1.38. The van der Waals surface area contributed by atoms with E-state index in [1.165, 1.54) is 17.1 Å². The Morgan fingerprint density at radius 3 is 2.38 bits per heavy atom. The zero-order valence-corrected chi connectivity index (χ0v) is 13.1. The molecule has 3 aromatic rings. The molecule has 8 heteroatoms. The summed E-state index contributed by atoms with van der Waals surface area (Å²) >= 11 is 0. The molecule has 0 atom stereocenters. The Hall–Kier alpha value is -3.00. The lowest BCUT2D eigenvalue weighted by molar-refractivity contribution is 0.0981. The molecule has 1 amide bonds. The second kappa shape index (κ2) is 6.25. The molecular weight excluding hydrogens is 333 g/mol. The lowest BCUT2D eigenvalue weighted by atomic mass is 10.3. The zero-order valence-electron chi connectivity index (χ0n) is 12.3. The molecule has 0 aliphatic heterocycles. The van der Waals surface area contributed by atoms with Gasteiger partial charge in [-0.25, -0.2) is 22.2 Å². The van der Waals surface area contributed by atoms with E-state index in [1.54, 1.807) is 12.1 Å². The van der Waals surface area contributed by atoms with Gasteiger partial charge in [0.05, 0.1) is 22.3 Å². The van der Waals surface area contributed by atoms with Crippen LogP contribution in [0, 0.1) is 5.82 Å². The number of sulfonamides is 1. The summed E-state index contributed by atoms with van der Waals surface area (Å²) < 4.78 is 40.5. The smallest absolute Gasteiger partial charge is 0.268 e. The predicted molar refractivity (Wildman–Crippen MR) is 84.6 cm³/mol. The summed E-state index contributed by atoms with van der Waals surface area (Å²) in [6, 6.07) is 13.2. The predicted octanol–water partition coefficient (Wildman–Crippen LogP) is 2.13. The minimum Gasteiger partial charge on any atom is -0.268 e. The standard InChI is InChI=1S/C16H12FN3O3S/c17-13-6-8-15(9-7-13)24(22,23)19-16(21)12-10-18-20(11-12)14-4-2-1-3-5-14/h1-11H,(H,19,21). The minimum absolute atomic E-state index is 0.0875. The molecule has 0 radical (unpaired) electrons. The Kier molecular flexibility index (Phi) is 4.13. The number of carbonyl (C=O) groups is 1. The summed E-state index contributed by atoms with van der Waals surface area (Å²) in [5, 5.41) is 4.03. The highest BCUT2D eigenvalue weighted by molar-refractivity contribution is 7.90. The van der Waals surface area contributed by atoms with Gasteiger partial charge in [-0.2, -0.15) is 5.10 Å². The van der Waals surface area contributed by atoms with E-state index in [1.807, 2.05) is 22.9 Å². The van der Waals surface area contributed by atoms with Crippen molar-refractivity contribution in [2.45, 2.75) is 4.90 Å². The van der Waals surface area contributed by atoms with Gasteiger partial charge in [0.1, 0.15) is 5.82 Å². The first kappa shape index (κ1) is 15.9. The van der Waals surface area contributed by atoms with E-state index in [9.17, 15) is 17.6 Å². The molecule has 1 aromatic heterocycles. The monoisotopic (exact) mass is 345 g/mol. The Balaban J connectivity index is 1.80. The lowest BCUT2D eigenvalue weighted by Crippen LogP contribution is -2.30. The fourth-order valence-corrected chi connectivity index (χ4v) is 2.99. The van der Waals surface area contributed by atoms with E-state index in [2.05, 4.69) is 5.10 Å². The van der Waals surface area contributed by atoms with Crippen molar-refractivity contribution < 1.29 is 17.6 Å². The van der Waals surface area contributed by atoms with Crippen LogP contribution in [0.4, 0.5) is 4.39 Å². The van der Waals surface area contributed by atoms with Crippen LogP contribution in [0.2, 0.25) is 0 Å². The van der Waals surface area contributed by atoms with Crippen LogP contribution in [0.15, 0.2) is 71.9 Å². The quantitative estimate of drug-likeness (QED) is 0.785. The summed E-state index contributed by atoms with van der Waals surface area (Å²) in [6.07, 6.45) is 2.69. The largest absolute Gasteiger partial charge is 0.268 e. The summed E-state index contributed by atoms with van der Waals surface area (Å²) in [6.45, 7) is 0. The highest BCUT2D eigenvalue weighted by Crippen LogP contribution is 2.12. The van der Waals surface area contributed by atoms with Crippen molar-refractivity contribution in [2.24, 2.45) is 0 Å². The Morgan fingerprint density at radius 1 is 1.04 bits per heavy atom. The molecule has 122 valence electrons. The van der Waals surface area contributed by atoms with Gasteiger partial charge in [0, 0.05) is 6.20 Å². The molecule has 1 N–H and O–H groups in total. The molecule has 0 fully saturated rings. The number of hydrogen-bond donors (Lipinski definition) is 1. The van der Waals surface area contributed by atoms with Crippen LogP contribution >= 0.6 is 0 Å². The van der Waals surface area contributed by atoms with E-state index < -0.39 is 21.7 Å². The molecule has 2 aromatic carbocycles. The maximum absolute atomic E-state index is 12.9. The average molecular weight is 345 g/mol. The van der Waals surface area contributed by atoms with Gasteiger partial charge >= 0.3 is 0 Å². The summed E-state index contributed by atoms with van der Waals surface area (Å²) in [5.41, 5.74) is 0.822. The maximum atomic E-state index is 12.9. The van der Waals surface area contributed by atoms with Crippen molar-refractivity contribution in [1.82, 2.24) is 14.5 Å². The molecule has 0 saturated heterocycles. The van der Waals surface area contributed by atoms with Gasteiger partial charge in [-0.1, -0.05) is 18.2 Å². The fraction of sp³-hybridized carbons (Fsp3) is 0. The van der Waals surface area contributed by atoms with Crippen LogP contribution < -0.4 is 4.72 Å². The van der Waals surface area contributed by atoms with Crippen molar-refractivity contribution in [3.05, 3.63) is 78.4 Å². The molecular formula is C16H12FN3O3S. The number of hydrogen-bond acceptors (Lipinski definition) is 4. The number of rotatable bonds is 4. The van der Waals surface area contributed by atoms with Crippen LogP contribution in [0.5, 0.6) is 0 Å². The molecule has 24 heavy (non-hydrogen) atoms. The molecule has 0 aliphatic rings. The number of benzene rings is 2. The molecule has 3 rings (SSSR count). The summed E-state index contributed by atoms with van der Waals surface area (Å²) in [7, 11) is -4.08. The molecule has 0 aliphatic carbocycles. The Bertz CT molecular complexity index is 967. The number of para-hydroxylation sites is 1. The van der Waals surface area contributed by atoms with E-state index >= 15 is 0 Å². The number of halogens is 1. The fourth-order valence-electron chi connectivity index (χ4n) is 2.02. The number of carbonyl (C=O) groups excluding carboxylic acids is 1. The van der Waals surface area contributed by atoms with Gasteiger partial charge in [-0.05, 0) is 36.4 Å². The van der Waals surface area contributed by atoms with Crippen molar-refractivity contribution in [2.75, 3.05) is 0 Å². The zero-order chi connectivity index (χ0) is 17.2. The van der Waals surface area contributed by atoms with Crippen LogP contribution in [0.3, 0.4) is 0 Å². The van der Waals surface area contributed by atoms with E-state index in [0.717, 1.165) is 30.0 Å². The molecule has 0 bridgehead atoms. The first-order chi connectivity index (χ1) is 11.5. The van der Waals surface area contributed by atoms with Crippen molar-refractivity contribution in [3.8, 4) is 5.69 Å². The van der Waals surface area contributed by atoms with Crippen molar-refractivity contribution >= 4 is 15.9 Å². The van der Waals surface area contributed by atoms with Crippen LogP contribution in [0.25, 0.3) is 5.69 Å².